The summed E-state index contributed by atoms with van der Waals surface area (Å²) in [6.07, 6.45) is 13.5. The molecule has 1 aliphatic carbocycles. The normalized spacial score (nSPS) is 23.1. The van der Waals surface area contributed by atoms with Crippen LogP contribution < -0.4 is 5.32 Å². The third-order valence-electron chi connectivity index (χ3n) is 4.23. The molecule has 0 aromatic carbocycles. The average molecular weight is 337 g/mol. The van der Waals surface area contributed by atoms with Crippen molar-refractivity contribution in [3.63, 3.8) is 0 Å². The Labute approximate surface area is 128 Å². The standard InChI is InChI=1S/C15H21BrN4/c1-2-3-11-4-6-12(7-5-11)18-14-15-17-8-9-20(15)10-13(16)19-14/h8-12H,2-7H2,1H3,(H,18,19). The molecule has 2 aromatic heterocycles. The lowest BCUT2D eigenvalue weighted by atomic mass is 9.83. The lowest BCUT2D eigenvalue weighted by Gasteiger charge is -2.29. The smallest absolute Gasteiger partial charge is 0.180 e. The second kappa shape index (κ2) is 6.12. The molecule has 3 rings (SSSR count). The van der Waals surface area contributed by atoms with E-state index in [-0.39, 0.29) is 0 Å². The minimum atomic E-state index is 0.533. The molecule has 0 aliphatic heterocycles. The molecule has 1 N–H and O–H groups in total. The molecule has 0 saturated heterocycles. The third kappa shape index (κ3) is 2.97. The van der Waals surface area contributed by atoms with Gasteiger partial charge in [-0.3, -0.25) is 0 Å². The van der Waals surface area contributed by atoms with Crippen molar-refractivity contribution in [1.29, 1.82) is 0 Å². The van der Waals surface area contributed by atoms with Crippen LogP contribution in [-0.4, -0.2) is 20.4 Å². The van der Waals surface area contributed by atoms with E-state index in [4.69, 9.17) is 0 Å². The molecule has 5 heteroatoms. The summed E-state index contributed by atoms with van der Waals surface area (Å²) in [4.78, 5) is 8.93. The second-order valence-electron chi connectivity index (χ2n) is 5.72. The van der Waals surface area contributed by atoms with Crippen molar-refractivity contribution in [1.82, 2.24) is 14.4 Å². The Morgan fingerprint density at radius 1 is 1.35 bits per heavy atom. The van der Waals surface area contributed by atoms with E-state index in [9.17, 15) is 0 Å². The molecule has 1 aliphatic rings. The number of anilines is 1. The molecule has 2 aromatic rings. The van der Waals surface area contributed by atoms with Crippen LogP contribution in [0, 0.1) is 5.92 Å². The molecule has 0 atom stereocenters. The fourth-order valence-electron chi connectivity index (χ4n) is 3.19. The lowest BCUT2D eigenvalue weighted by molar-refractivity contribution is 0.318. The van der Waals surface area contributed by atoms with Crippen LogP contribution >= 0.6 is 15.9 Å². The number of nitrogens with zero attached hydrogens (tertiary/aromatic N) is 3. The lowest BCUT2D eigenvalue weighted by Crippen LogP contribution is -2.26. The first-order valence-corrected chi connectivity index (χ1v) is 8.31. The van der Waals surface area contributed by atoms with Crippen LogP contribution in [0.25, 0.3) is 5.65 Å². The van der Waals surface area contributed by atoms with E-state index < -0.39 is 0 Å². The Morgan fingerprint density at radius 2 is 2.15 bits per heavy atom. The SMILES string of the molecule is CCCC1CCC(Nc2nc(Br)cn3ccnc23)CC1. The van der Waals surface area contributed by atoms with Crippen molar-refractivity contribution in [3.8, 4) is 0 Å². The Kier molecular flexibility index (Phi) is 4.24. The number of aromatic nitrogens is 3. The third-order valence-corrected chi connectivity index (χ3v) is 4.61. The second-order valence-corrected chi connectivity index (χ2v) is 6.53. The van der Waals surface area contributed by atoms with E-state index in [1.807, 2.05) is 23.0 Å². The largest absolute Gasteiger partial charge is 0.364 e. The summed E-state index contributed by atoms with van der Waals surface area (Å²) in [5.41, 5.74) is 0.906. The summed E-state index contributed by atoms with van der Waals surface area (Å²) in [7, 11) is 0. The summed E-state index contributed by atoms with van der Waals surface area (Å²) >= 11 is 3.46. The van der Waals surface area contributed by atoms with Gasteiger partial charge < -0.3 is 9.72 Å². The molecule has 108 valence electrons. The highest BCUT2D eigenvalue weighted by molar-refractivity contribution is 9.10. The molecule has 1 fully saturated rings. The number of fused-ring (bicyclic) bond motifs is 1. The van der Waals surface area contributed by atoms with Gasteiger partial charge in [-0.05, 0) is 47.5 Å². The van der Waals surface area contributed by atoms with Crippen LogP contribution in [0.2, 0.25) is 0 Å². The van der Waals surface area contributed by atoms with Crippen molar-refractivity contribution < 1.29 is 0 Å². The predicted octanol–water partition coefficient (Wildman–Crippen LogP) is 4.26. The first-order valence-electron chi connectivity index (χ1n) is 7.52. The molecular formula is C15H21BrN4. The topological polar surface area (TPSA) is 42.2 Å². The van der Waals surface area contributed by atoms with Crippen molar-refractivity contribution in [2.45, 2.75) is 51.5 Å². The van der Waals surface area contributed by atoms with Crippen LogP contribution in [0.1, 0.15) is 45.4 Å². The minimum absolute atomic E-state index is 0.533. The van der Waals surface area contributed by atoms with Gasteiger partial charge in [0.15, 0.2) is 11.5 Å². The monoisotopic (exact) mass is 336 g/mol. The molecule has 0 unspecified atom stereocenters. The number of nitrogens with one attached hydrogen (secondary N) is 1. The van der Waals surface area contributed by atoms with Crippen molar-refractivity contribution in [2.75, 3.05) is 5.32 Å². The zero-order valence-corrected chi connectivity index (χ0v) is 13.4. The first-order chi connectivity index (χ1) is 9.76. The quantitative estimate of drug-likeness (QED) is 0.906. The molecule has 0 spiro atoms. The molecule has 0 amide bonds. The summed E-state index contributed by atoms with van der Waals surface area (Å²) in [6.45, 7) is 2.28. The van der Waals surface area contributed by atoms with Crippen LogP contribution in [0.5, 0.6) is 0 Å². The van der Waals surface area contributed by atoms with Gasteiger partial charge in [0.05, 0.1) is 0 Å². The van der Waals surface area contributed by atoms with Gasteiger partial charge >= 0.3 is 0 Å². The summed E-state index contributed by atoms with van der Waals surface area (Å²) in [5, 5.41) is 3.59. The van der Waals surface area contributed by atoms with Crippen molar-refractivity contribution in [3.05, 3.63) is 23.2 Å². The number of hydrogen-bond acceptors (Lipinski definition) is 3. The Hall–Kier alpha value is -1.10. The van der Waals surface area contributed by atoms with E-state index in [1.54, 1.807) is 0 Å². The highest BCUT2D eigenvalue weighted by Gasteiger charge is 2.21. The van der Waals surface area contributed by atoms with E-state index in [0.717, 1.165) is 22.0 Å². The van der Waals surface area contributed by atoms with Crippen molar-refractivity contribution >= 4 is 27.4 Å². The van der Waals surface area contributed by atoms with Gasteiger partial charge in [0, 0.05) is 24.6 Å². The van der Waals surface area contributed by atoms with E-state index in [1.165, 1.54) is 38.5 Å². The molecule has 0 radical (unpaired) electrons. The predicted molar refractivity (Wildman–Crippen MR) is 85.0 cm³/mol. The van der Waals surface area contributed by atoms with Crippen LogP contribution in [-0.2, 0) is 0 Å². The van der Waals surface area contributed by atoms with Gasteiger partial charge in [-0.2, -0.15) is 0 Å². The van der Waals surface area contributed by atoms with E-state index in [0.29, 0.717) is 6.04 Å². The number of imidazole rings is 1. The summed E-state index contributed by atoms with van der Waals surface area (Å²) in [6, 6.07) is 0.533. The van der Waals surface area contributed by atoms with E-state index >= 15 is 0 Å². The highest BCUT2D eigenvalue weighted by atomic mass is 79.9. The van der Waals surface area contributed by atoms with Gasteiger partial charge in [0.2, 0.25) is 0 Å². The minimum Gasteiger partial charge on any atom is -0.364 e. The fourth-order valence-corrected chi connectivity index (χ4v) is 3.59. The molecule has 2 heterocycles. The maximum absolute atomic E-state index is 4.55. The molecule has 20 heavy (non-hydrogen) atoms. The van der Waals surface area contributed by atoms with Gasteiger partial charge in [0.1, 0.15) is 4.60 Å². The van der Waals surface area contributed by atoms with Crippen molar-refractivity contribution in [2.24, 2.45) is 5.92 Å². The summed E-state index contributed by atoms with van der Waals surface area (Å²) in [5.74, 6) is 1.82. The molecule has 1 saturated carbocycles. The molecular weight excluding hydrogens is 316 g/mol. The number of rotatable bonds is 4. The first kappa shape index (κ1) is 13.9. The zero-order valence-electron chi connectivity index (χ0n) is 11.8. The highest BCUT2D eigenvalue weighted by Crippen LogP contribution is 2.30. The van der Waals surface area contributed by atoms with Gasteiger partial charge in [0.25, 0.3) is 0 Å². The Bertz CT molecular complexity index is 572. The van der Waals surface area contributed by atoms with Crippen LogP contribution in [0.4, 0.5) is 5.82 Å². The molecule has 0 bridgehead atoms. The Morgan fingerprint density at radius 3 is 2.90 bits per heavy atom. The van der Waals surface area contributed by atoms with Gasteiger partial charge in [-0.1, -0.05) is 19.8 Å². The van der Waals surface area contributed by atoms with Crippen LogP contribution in [0.15, 0.2) is 23.2 Å². The number of halogens is 1. The van der Waals surface area contributed by atoms with E-state index in [2.05, 4.69) is 38.1 Å². The van der Waals surface area contributed by atoms with Crippen LogP contribution in [0.3, 0.4) is 0 Å². The Balaban J connectivity index is 1.69. The maximum atomic E-state index is 4.55. The van der Waals surface area contributed by atoms with Gasteiger partial charge in [-0.25, -0.2) is 9.97 Å². The van der Waals surface area contributed by atoms with Gasteiger partial charge in [-0.15, -0.1) is 0 Å². The summed E-state index contributed by atoms with van der Waals surface area (Å²) < 4.78 is 2.84. The zero-order chi connectivity index (χ0) is 13.9. The maximum Gasteiger partial charge on any atom is 0.180 e. The number of hydrogen-bond donors (Lipinski definition) is 1. The fraction of sp³-hybridized carbons (Fsp3) is 0.600. The molecule has 4 nitrogen and oxygen atoms in total. The average Bonchev–Trinajstić information content (AvgIpc) is 2.89.